The van der Waals surface area contributed by atoms with Crippen LogP contribution in [0, 0.1) is 0 Å². The lowest BCUT2D eigenvalue weighted by Gasteiger charge is -2.28. The van der Waals surface area contributed by atoms with E-state index >= 15 is 0 Å². The molecule has 0 saturated heterocycles. The van der Waals surface area contributed by atoms with Gasteiger partial charge in [-0.25, -0.2) is 0 Å². The molecule has 1 amide bonds. The molecule has 1 aromatic rings. The average molecular weight is 297 g/mol. The van der Waals surface area contributed by atoms with E-state index in [1.807, 2.05) is 52.0 Å². The Kier molecular flexibility index (Phi) is 6.03. The summed E-state index contributed by atoms with van der Waals surface area (Å²) in [5, 5.41) is 7.07. The van der Waals surface area contributed by atoms with E-state index in [0.717, 1.165) is 17.0 Å². The Bertz CT molecular complexity index is 442. The molecule has 1 unspecified atom stereocenters. The lowest BCUT2D eigenvalue weighted by molar-refractivity contribution is -0.124. The first kappa shape index (κ1) is 17.0. The van der Waals surface area contributed by atoms with Gasteiger partial charge in [0, 0.05) is 16.6 Å². The van der Waals surface area contributed by atoms with Crippen molar-refractivity contribution in [3.8, 4) is 0 Å². The summed E-state index contributed by atoms with van der Waals surface area (Å²) in [6.45, 7) is 10.0. The average Bonchev–Trinajstić information content (AvgIpc) is 2.38. The summed E-state index contributed by atoms with van der Waals surface area (Å²) in [7, 11) is 0. The molecular weight excluding hydrogens is 272 g/mol. The summed E-state index contributed by atoms with van der Waals surface area (Å²) in [6.07, 6.45) is 0.901. The van der Waals surface area contributed by atoms with Crippen molar-refractivity contribution in [1.29, 1.82) is 0 Å². The molecular formula is C16H25ClN2O. The summed E-state index contributed by atoms with van der Waals surface area (Å²) < 4.78 is 0. The molecule has 0 heterocycles. The van der Waals surface area contributed by atoms with Gasteiger partial charge in [0.1, 0.15) is 0 Å². The minimum Gasteiger partial charge on any atom is -0.350 e. The predicted molar refractivity (Wildman–Crippen MR) is 85.0 cm³/mol. The van der Waals surface area contributed by atoms with Crippen LogP contribution in [0.4, 0.5) is 0 Å². The smallest absolute Gasteiger partial charge is 0.237 e. The van der Waals surface area contributed by atoms with Gasteiger partial charge >= 0.3 is 0 Å². The molecule has 0 saturated carbocycles. The second kappa shape index (κ2) is 7.09. The standard InChI is InChI=1S/C16H25ClN2O/c1-6-16(4,5)19-15(20)12(3)18-11(2)13-7-9-14(17)10-8-13/h7-12,18H,6H2,1-5H3,(H,19,20)/t11-,12?/m1/s1. The minimum absolute atomic E-state index is 0.0256. The highest BCUT2D eigenvalue weighted by molar-refractivity contribution is 6.30. The monoisotopic (exact) mass is 296 g/mol. The molecule has 0 spiro atoms. The highest BCUT2D eigenvalue weighted by Gasteiger charge is 2.22. The van der Waals surface area contributed by atoms with Crippen LogP contribution in [0.15, 0.2) is 24.3 Å². The van der Waals surface area contributed by atoms with Gasteiger partial charge in [0.2, 0.25) is 5.91 Å². The van der Waals surface area contributed by atoms with Crippen molar-refractivity contribution in [3.05, 3.63) is 34.9 Å². The zero-order chi connectivity index (χ0) is 15.3. The van der Waals surface area contributed by atoms with Crippen LogP contribution in [0.3, 0.4) is 0 Å². The molecule has 112 valence electrons. The summed E-state index contributed by atoms with van der Waals surface area (Å²) >= 11 is 5.88. The zero-order valence-electron chi connectivity index (χ0n) is 13.0. The molecule has 4 heteroatoms. The zero-order valence-corrected chi connectivity index (χ0v) is 13.7. The van der Waals surface area contributed by atoms with E-state index in [2.05, 4.69) is 17.6 Å². The van der Waals surface area contributed by atoms with Gasteiger partial charge < -0.3 is 5.32 Å². The lowest BCUT2D eigenvalue weighted by atomic mass is 10.0. The van der Waals surface area contributed by atoms with E-state index < -0.39 is 0 Å². The molecule has 3 nitrogen and oxygen atoms in total. The minimum atomic E-state index is -0.244. The number of hydrogen-bond acceptors (Lipinski definition) is 2. The molecule has 2 atom stereocenters. The molecule has 0 fully saturated rings. The topological polar surface area (TPSA) is 41.1 Å². The summed E-state index contributed by atoms with van der Waals surface area (Å²) in [5.41, 5.74) is 0.945. The van der Waals surface area contributed by atoms with Crippen molar-refractivity contribution in [3.63, 3.8) is 0 Å². The molecule has 1 rings (SSSR count). The second-order valence-corrected chi connectivity index (χ2v) is 6.32. The normalized spacial score (nSPS) is 14.7. The second-order valence-electron chi connectivity index (χ2n) is 5.89. The van der Waals surface area contributed by atoms with Gasteiger partial charge in [-0.3, -0.25) is 10.1 Å². The maximum absolute atomic E-state index is 12.1. The van der Waals surface area contributed by atoms with E-state index in [1.54, 1.807) is 0 Å². The molecule has 0 aliphatic heterocycles. The molecule has 0 aromatic heterocycles. The Hall–Kier alpha value is -1.06. The first-order chi connectivity index (χ1) is 9.25. The summed E-state index contributed by atoms with van der Waals surface area (Å²) in [6, 6.07) is 7.52. The number of carbonyl (C=O) groups excluding carboxylic acids is 1. The Morgan fingerprint density at radius 3 is 2.30 bits per heavy atom. The molecule has 0 bridgehead atoms. The van der Waals surface area contributed by atoms with Crippen LogP contribution >= 0.6 is 11.6 Å². The van der Waals surface area contributed by atoms with Gasteiger partial charge in [0.25, 0.3) is 0 Å². The quantitative estimate of drug-likeness (QED) is 0.841. The van der Waals surface area contributed by atoms with Crippen LogP contribution in [0.5, 0.6) is 0 Å². The van der Waals surface area contributed by atoms with Crippen LogP contribution in [0.25, 0.3) is 0 Å². The van der Waals surface area contributed by atoms with Gasteiger partial charge in [-0.1, -0.05) is 30.7 Å². The van der Waals surface area contributed by atoms with Crippen molar-refractivity contribution in [1.82, 2.24) is 10.6 Å². The third-order valence-corrected chi connectivity index (χ3v) is 3.86. The summed E-state index contributed by atoms with van der Waals surface area (Å²) in [4.78, 5) is 12.1. The number of carbonyl (C=O) groups is 1. The third-order valence-electron chi connectivity index (χ3n) is 3.61. The third kappa shape index (κ3) is 5.14. The first-order valence-electron chi connectivity index (χ1n) is 7.08. The number of benzene rings is 1. The van der Waals surface area contributed by atoms with Crippen LogP contribution in [-0.2, 0) is 4.79 Å². The first-order valence-corrected chi connectivity index (χ1v) is 7.46. The molecule has 20 heavy (non-hydrogen) atoms. The molecule has 0 aliphatic rings. The fourth-order valence-electron chi connectivity index (χ4n) is 1.83. The Labute approximate surface area is 127 Å². The molecule has 0 radical (unpaired) electrons. The SMILES string of the molecule is CCC(C)(C)NC(=O)C(C)N[C@H](C)c1ccc(Cl)cc1. The molecule has 1 aromatic carbocycles. The van der Waals surface area contributed by atoms with E-state index in [4.69, 9.17) is 11.6 Å². The predicted octanol–water partition coefficient (Wildman–Crippen LogP) is 3.68. The fourth-order valence-corrected chi connectivity index (χ4v) is 1.95. The van der Waals surface area contributed by atoms with E-state index in [-0.39, 0.29) is 23.5 Å². The number of nitrogens with one attached hydrogen (secondary N) is 2. The van der Waals surface area contributed by atoms with E-state index in [9.17, 15) is 4.79 Å². The van der Waals surface area contributed by atoms with Crippen LogP contribution < -0.4 is 10.6 Å². The Morgan fingerprint density at radius 2 is 1.80 bits per heavy atom. The lowest BCUT2D eigenvalue weighted by Crippen LogP contribution is -2.51. The Morgan fingerprint density at radius 1 is 1.25 bits per heavy atom. The van der Waals surface area contributed by atoms with Gasteiger partial charge in [0.15, 0.2) is 0 Å². The van der Waals surface area contributed by atoms with Crippen molar-refractivity contribution < 1.29 is 4.79 Å². The van der Waals surface area contributed by atoms with Crippen LogP contribution in [0.1, 0.15) is 52.6 Å². The van der Waals surface area contributed by atoms with Gasteiger partial charge in [-0.05, 0) is 51.8 Å². The largest absolute Gasteiger partial charge is 0.350 e. The summed E-state index contributed by atoms with van der Waals surface area (Å²) in [5.74, 6) is 0.0256. The van der Waals surface area contributed by atoms with Crippen molar-refractivity contribution in [2.75, 3.05) is 0 Å². The van der Waals surface area contributed by atoms with Gasteiger partial charge in [0.05, 0.1) is 6.04 Å². The van der Waals surface area contributed by atoms with Crippen LogP contribution in [-0.4, -0.2) is 17.5 Å². The number of rotatable bonds is 6. The fraction of sp³-hybridized carbons (Fsp3) is 0.562. The van der Waals surface area contributed by atoms with Crippen molar-refractivity contribution >= 4 is 17.5 Å². The number of amides is 1. The van der Waals surface area contributed by atoms with Gasteiger partial charge in [-0.2, -0.15) is 0 Å². The van der Waals surface area contributed by atoms with E-state index in [1.165, 1.54) is 0 Å². The van der Waals surface area contributed by atoms with Crippen LogP contribution in [0.2, 0.25) is 5.02 Å². The maximum atomic E-state index is 12.1. The van der Waals surface area contributed by atoms with Crippen molar-refractivity contribution in [2.24, 2.45) is 0 Å². The number of hydrogen-bond donors (Lipinski definition) is 2. The highest BCUT2D eigenvalue weighted by Crippen LogP contribution is 2.16. The van der Waals surface area contributed by atoms with E-state index in [0.29, 0.717) is 0 Å². The Balaban J connectivity index is 2.59. The highest BCUT2D eigenvalue weighted by atomic mass is 35.5. The molecule has 2 N–H and O–H groups in total. The molecule has 0 aliphatic carbocycles. The maximum Gasteiger partial charge on any atom is 0.237 e. The van der Waals surface area contributed by atoms with Crippen molar-refractivity contribution in [2.45, 2.75) is 58.7 Å². The number of halogens is 1. The van der Waals surface area contributed by atoms with Gasteiger partial charge in [-0.15, -0.1) is 0 Å².